The molecule has 0 aliphatic carbocycles. The largest absolute Gasteiger partial charge is 0.508 e. The van der Waals surface area contributed by atoms with Crippen molar-refractivity contribution < 1.29 is 15.3 Å². The SMILES string of the molecule is Cc1cc2nc3cc(CO)c(CO)cc3nc2cc1O. The number of phenols is 1. The highest BCUT2D eigenvalue weighted by atomic mass is 16.3. The van der Waals surface area contributed by atoms with Gasteiger partial charge in [-0.15, -0.1) is 0 Å². The van der Waals surface area contributed by atoms with Gasteiger partial charge in [-0.3, -0.25) is 0 Å². The number of aryl methyl sites for hydroxylation is 1. The van der Waals surface area contributed by atoms with Crippen molar-refractivity contribution in [2.24, 2.45) is 0 Å². The molecule has 2 aromatic carbocycles. The third-order valence-electron chi connectivity index (χ3n) is 3.41. The number of fused-ring (bicyclic) bond motifs is 2. The lowest BCUT2D eigenvalue weighted by atomic mass is 10.1. The van der Waals surface area contributed by atoms with Crippen molar-refractivity contribution in [3.05, 3.63) is 41.0 Å². The Morgan fingerprint density at radius 3 is 1.75 bits per heavy atom. The lowest BCUT2D eigenvalue weighted by molar-refractivity contribution is 0.260. The molecule has 3 N–H and O–H groups in total. The molecule has 0 unspecified atom stereocenters. The van der Waals surface area contributed by atoms with Crippen LogP contribution in [0.4, 0.5) is 0 Å². The van der Waals surface area contributed by atoms with Crippen LogP contribution in [0.15, 0.2) is 24.3 Å². The molecule has 0 spiro atoms. The van der Waals surface area contributed by atoms with Crippen molar-refractivity contribution in [1.82, 2.24) is 9.97 Å². The Bertz CT molecular complexity index is 747. The van der Waals surface area contributed by atoms with E-state index in [0.29, 0.717) is 33.2 Å². The van der Waals surface area contributed by atoms with Crippen molar-refractivity contribution in [3.8, 4) is 5.75 Å². The Hall–Kier alpha value is -2.24. The second kappa shape index (κ2) is 4.70. The van der Waals surface area contributed by atoms with E-state index in [4.69, 9.17) is 0 Å². The Kier molecular flexibility index (Phi) is 3.00. The van der Waals surface area contributed by atoms with Crippen molar-refractivity contribution in [2.45, 2.75) is 20.1 Å². The number of nitrogens with zero attached hydrogens (tertiary/aromatic N) is 2. The van der Waals surface area contributed by atoms with E-state index in [-0.39, 0.29) is 19.0 Å². The Balaban J connectivity index is 2.35. The Labute approximate surface area is 115 Å². The monoisotopic (exact) mass is 270 g/mol. The molecule has 0 fully saturated rings. The molecule has 0 aliphatic heterocycles. The molecule has 0 atom stereocenters. The topological polar surface area (TPSA) is 86.5 Å². The lowest BCUT2D eigenvalue weighted by Gasteiger charge is -2.08. The highest BCUT2D eigenvalue weighted by Crippen LogP contribution is 2.25. The van der Waals surface area contributed by atoms with E-state index in [9.17, 15) is 15.3 Å². The number of benzene rings is 2. The van der Waals surface area contributed by atoms with Crippen LogP contribution in [0.5, 0.6) is 5.75 Å². The van der Waals surface area contributed by atoms with Gasteiger partial charge in [-0.1, -0.05) is 0 Å². The summed E-state index contributed by atoms with van der Waals surface area (Å²) in [4.78, 5) is 8.95. The summed E-state index contributed by atoms with van der Waals surface area (Å²) < 4.78 is 0. The summed E-state index contributed by atoms with van der Waals surface area (Å²) in [7, 11) is 0. The van der Waals surface area contributed by atoms with Crippen LogP contribution >= 0.6 is 0 Å². The molecule has 5 nitrogen and oxygen atoms in total. The first-order valence-electron chi connectivity index (χ1n) is 6.27. The number of aromatic nitrogens is 2. The van der Waals surface area contributed by atoms with Crippen LogP contribution in [0.1, 0.15) is 16.7 Å². The Morgan fingerprint density at radius 2 is 1.25 bits per heavy atom. The molecule has 0 saturated heterocycles. The number of hydrogen-bond donors (Lipinski definition) is 3. The smallest absolute Gasteiger partial charge is 0.120 e. The minimum Gasteiger partial charge on any atom is -0.508 e. The zero-order chi connectivity index (χ0) is 14.3. The summed E-state index contributed by atoms with van der Waals surface area (Å²) in [6, 6.07) is 6.80. The highest BCUT2D eigenvalue weighted by Gasteiger charge is 2.09. The van der Waals surface area contributed by atoms with Gasteiger partial charge in [0.05, 0.1) is 35.3 Å². The van der Waals surface area contributed by atoms with Crippen LogP contribution < -0.4 is 0 Å². The van der Waals surface area contributed by atoms with Crippen LogP contribution in [-0.2, 0) is 13.2 Å². The molecule has 3 rings (SSSR count). The molecule has 1 aromatic heterocycles. The quantitative estimate of drug-likeness (QED) is 0.618. The lowest BCUT2D eigenvalue weighted by Crippen LogP contribution is -1.97. The van der Waals surface area contributed by atoms with E-state index < -0.39 is 0 Å². The van der Waals surface area contributed by atoms with Crippen molar-refractivity contribution in [2.75, 3.05) is 0 Å². The fourth-order valence-electron chi connectivity index (χ4n) is 2.25. The van der Waals surface area contributed by atoms with Gasteiger partial charge in [0.15, 0.2) is 0 Å². The second-order valence-electron chi connectivity index (χ2n) is 4.78. The molecule has 1 heterocycles. The van der Waals surface area contributed by atoms with Crippen LogP contribution in [0, 0.1) is 6.92 Å². The molecule has 0 radical (unpaired) electrons. The zero-order valence-corrected chi connectivity index (χ0v) is 11.0. The first kappa shape index (κ1) is 12.8. The van der Waals surface area contributed by atoms with Gasteiger partial charge in [-0.25, -0.2) is 9.97 Å². The third-order valence-corrected chi connectivity index (χ3v) is 3.41. The first-order valence-corrected chi connectivity index (χ1v) is 6.27. The minimum absolute atomic E-state index is 0.153. The van der Waals surface area contributed by atoms with Gasteiger partial charge in [-0.05, 0) is 41.8 Å². The number of hydrogen-bond acceptors (Lipinski definition) is 5. The second-order valence-corrected chi connectivity index (χ2v) is 4.78. The number of rotatable bonds is 2. The fourth-order valence-corrected chi connectivity index (χ4v) is 2.25. The first-order chi connectivity index (χ1) is 9.62. The molecule has 0 bridgehead atoms. The van der Waals surface area contributed by atoms with E-state index in [0.717, 1.165) is 5.56 Å². The van der Waals surface area contributed by atoms with Crippen LogP contribution in [0.2, 0.25) is 0 Å². The standard InChI is InChI=1S/C15H14N2O3/c1-8-2-11-14(5-15(8)20)17-13-4-10(7-19)9(6-18)3-12(13)16-11/h2-5,18-20H,6-7H2,1H3. The van der Waals surface area contributed by atoms with Crippen LogP contribution in [-0.4, -0.2) is 25.3 Å². The number of aromatic hydroxyl groups is 1. The summed E-state index contributed by atoms with van der Waals surface area (Å²) in [5.41, 5.74) is 4.58. The van der Waals surface area contributed by atoms with Gasteiger partial charge in [0, 0.05) is 6.07 Å². The number of aliphatic hydroxyl groups is 2. The number of phenolic OH excluding ortho intramolecular Hbond substituents is 1. The predicted octanol–water partition coefficient (Wildman–Crippen LogP) is 1.78. The summed E-state index contributed by atoms with van der Waals surface area (Å²) in [5, 5.41) is 28.3. The van der Waals surface area contributed by atoms with E-state index in [1.807, 2.05) is 0 Å². The van der Waals surface area contributed by atoms with Gasteiger partial charge in [0.25, 0.3) is 0 Å². The van der Waals surface area contributed by atoms with E-state index in [1.165, 1.54) is 0 Å². The normalized spacial score (nSPS) is 11.3. The zero-order valence-electron chi connectivity index (χ0n) is 11.0. The molecular formula is C15H14N2O3. The van der Waals surface area contributed by atoms with Gasteiger partial charge >= 0.3 is 0 Å². The van der Waals surface area contributed by atoms with Gasteiger partial charge < -0.3 is 15.3 Å². The van der Waals surface area contributed by atoms with Crippen LogP contribution in [0.25, 0.3) is 22.1 Å². The molecular weight excluding hydrogens is 256 g/mol. The molecule has 20 heavy (non-hydrogen) atoms. The van der Waals surface area contributed by atoms with Crippen molar-refractivity contribution >= 4 is 22.1 Å². The third kappa shape index (κ3) is 1.97. The highest BCUT2D eigenvalue weighted by molar-refractivity contribution is 5.88. The molecule has 5 heteroatoms. The average Bonchev–Trinajstić information content (AvgIpc) is 2.45. The fraction of sp³-hybridized carbons (Fsp3) is 0.200. The maximum atomic E-state index is 9.73. The van der Waals surface area contributed by atoms with E-state index in [1.54, 1.807) is 31.2 Å². The van der Waals surface area contributed by atoms with Crippen molar-refractivity contribution in [1.29, 1.82) is 0 Å². The van der Waals surface area contributed by atoms with Crippen molar-refractivity contribution in [3.63, 3.8) is 0 Å². The van der Waals surface area contributed by atoms with E-state index in [2.05, 4.69) is 9.97 Å². The summed E-state index contributed by atoms with van der Waals surface area (Å²) in [6.07, 6.45) is 0. The molecule has 0 aliphatic rings. The van der Waals surface area contributed by atoms with Gasteiger partial charge in [0.1, 0.15) is 5.75 Å². The van der Waals surface area contributed by atoms with Gasteiger partial charge in [-0.2, -0.15) is 0 Å². The predicted molar refractivity (Wildman–Crippen MR) is 75.3 cm³/mol. The van der Waals surface area contributed by atoms with Gasteiger partial charge in [0.2, 0.25) is 0 Å². The summed E-state index contributed by atoms with van der Waals surface area (Å²) in [6.45, 7) is 1.49. The molecule has 0 amide bonds. The summed E-state index contributed by atoms with van der Waals surface area (Å²) in [5.74, 6) is 0.181. The maximum Gasteiger partial charge on any atom is 0.120 e. The van der Waals surface area contributed by atoms with E-state index >= 15 is 0 Å². The van der Waals surface area contributed by atoms with Crippen LogP contribution in [0.3, 0.4) is 0 Å². The molecule has 0 saturated carbocycles. The average molecular weight is 270 g/mol. The number of aliphatic hydroxyl groups excluding tert-OH is 2. The Morgan fingerprint density at radius 1 is 0.800 bits per heavy atom. The molecule has 102 valence electrons. The minimum atomic E-state index is -0.162. The maximum absolute atomic E-state index is 9.73. The molecule has 3 aromatic rings. The summed E-state index contributed by atoms with van der Waals surface area (Å²) >= 11 is 0.